The summed E-state index contributed by atoms with van der Waals surface area (Å²) in [7, 11) is 0. The van der Waals surface area contributed by atoms with Crippen molar-refractivity contribution in [3.63, 3.8) is 0 Å². The van der Waals surface area contributed by atoms with Crippen molar-refractivity contribution in [2.24, 2.45) is 0 Å². The first-order valence-corrected chi connectivity index (χ1v) is 13.1. The predicted octanol–water partition coefficient (Wildman–Crippen LogP) is -2.19. The fourth-order valence-electron chi connectivity index (χ4n) is 5.14. The highest BCUT2D eigenvalue weighted by Crippen LogP contribution is 2.43. The third kappa shape index (κ3) is 5.76. The maximum Gasteiger partial charge on any atom is 0.229 e. The van der Waals surface area contributed by atoms with Gasteiger partial charge in [-0.25, -0.2) is 0 Å². The molecule has 3 aliphatic heterocycles. The Morgan fingerprint density at radius 3 is 2.10 bits per heavy atom. The van der Waals surface area contributed by atoms with E-state index in [9.17, 15) is 50.8 Å². The molecule has 2 unspecified atom stereocenters. The molecular weight excluding hydrogens is 564 g/mol. The third-order valence-electron chi connectivity index (χ3n) is 7.45. The maximum absolute atomic E-state index is 12.8. The van der Waals surface area contributed by atoms with Crippen molar-refractivity contribution in [2.45, 2.75) is 73.9 Å². The zero-order valence-electron chi connectivity index (χ0n) is 21.9. The second-order valence-corrected chi connectivity index (χ2v) is 10.3. The number of benzene rings is 2. The molecule has 15 heteroatoms. The average molecular weight is 597 g/mol. The van der Waals surface area contributed by atoms with Crippen LogP contribution in [0.2, 0.25) is 0 Å². The number of aliphatic hydroxyl groups is 7. The van der Waals surface area contributed by atoms with E-state index in [2.05, 4.69) is 0 Å². The second-order valence-electron chi connectivity index (χ2n) is 10.3. The minimum atomic E-state index is -1.83. The number of aliphatic hydroxyl groups excluding tert-OH is 7. The lowest BCUT2D eigenvalue weighted by Gasteiger charge is -2.45. The summed E-state index contributed by atoms with van der Waals surface area (Å²) in [5, 5.41) is 91.3. The molecule has 0 aromatic heterocycles. The van der Waals surface area contributed by atoms with E-state index in [1.54, 1.807) is 12.1 Å². The molecule has 0 spiro atoms. The Morgan fingerprint density at radius 2 is 1.43 bits per heavy atom. The number of carbonyl (C=O) groups excluding carboxylic acids is 1. The average Bonchev–Trinajstić information content (AvgIpc) is 2.96. The van der Waals surface area contributed by atoms with E-state index in [4.69, 9.17) is 23.7 Å². The molecule has 2 aromatic rings. The van der Waals surface area contributed by atoms with Crippen LogP contribution in [0.25, 0.3) is 0 Å². The van der Waals surface area contributed by atoms with Crippen LogP contribution in [-0.4, -0.2) is 126 Å². The van der Waals surface area contributed by atoms with Crippen LogP contribution in [0, 0.1) is 0 Å². The molecule has 15 nitrogen and oxygen atoms in total. The Labute approximate surface area is 238 Å². The molecule has 2 saturated heterocycles. The van der Waals surface area contributed by atoms with Crippen LogP contribution < -0.4 is 9.47 Å². The molecular formula is C27H32O15. The number of Topliss-reactive ketones (excluding diaryl/α,β-unsaturated/α-hetero) is 1. The lowest BCUT2D eigenvalue weighted by atomic mass is 9.95. The smallest absolute Gasteiger partial charge is 0.229 e. The van der Waals surface area contributed by atoms with Crippen LogP contribution in [0.15, 0.2) is 36.4 Å². The summed E-state index contributed by atoms with van der Waals surface area (Å²) in [5.74, 6) is -0.981. The first-order chi connectivity index (χ1) is 20.0. The van der Waals surface area contributed by atoms with Gasteiger partial charge in [0.25, 0.3) is 0 Å². The largest absolute Gasteiger partial charge is 0.508 e. The lowest BCUT2D eigenvalue weighted by Crippen LogP contribution is -2.65. The molecule has 2 fully saturated rings. The first-order valence-electron chi connectivity index (χ1n) is 13.1. The number of carbonyl (C=O) groups is 1. The standard InChI is InChI=1S/C27H32O15/c28-8-17-20(33)21(34)23(36)27(40-17)42-25-18(9-29)41-26(24(37)22(25)35)38-12-5-13(31)19-14(32)7-15(39-16(19)6-12)10-1-3-11(30)4-2-10/h1-6,15,17-18,20-31,33-37H,7-9H2/t15?,17-,18-,20-,21+,22-,23-,24-,25-,26-,27?/m1/s1. The summed E-state index contributed by atoms with van der Waals surface area (Å²) in [6.07, 6.45) is -17.2. The Morgan fingerprint density at radius 1 is 0.786 bits per heavy atom. The van der Waals surface area contributed by atoms with Crippen LogP contribution in [0.1, 0.15) is 28.4 Å². The van der Waals surface area contributed by atoms with Crippen molar-refractivity contribution < 1.29 is 74.4 Å². The zero-order chi connectivity index (χ0) is 30.3. The van der Waals surface area contributed by atoms with E-state index < -0.39 is 92.3 Å². The summed E-state index contributed by atoms with van der Waals surface area (Å²) in [6, 6.07) is 8.43. The number of fused-ring (bicyclic) bond motifs is 1. The fraction of sp³-hybridized carbons (Fsp3) is 0.519. The van der Waals surface area contributed by atoms with Crippen LogP contribution in [-0.2, 0) is 14.2 Å². The van der Waals surface area contributed by atoms with Gasteiger partial charge in [0.2, 0.25) is 6.29 Å². The zero-order valence-corrected chi connectivity index (χ0v) is 21.9. The van der Waals surface area contributed by atoms with Crippen molar-refractivity contribution in [1.82, 2.24) is 0 Å². The van der Waals surface area contributed by atoms with E-state index in [1.807, 2.05) is 0 Å². The van der Waals surface area contributed by atoms with Gasteiger partial charge in [-0.3, -0.25) is 4.79 Å². The maximum atomic E-state index is 12.8. The topological polar surface area (TPSA) is 245 Å². The summed E-state index contributed by atoms with van der Waals surface area (Å²) in [4.78, 5) is 12.8. The Kier molecular flexibility index (Phi) is 8.86. The fourth-order valence-corrected chi connectivity index (χ4v) is 5.14. The SMILES string of the molecule is O=C1CC(c2ccc(O)cc2)Oc2cc(O[C@@H]3O[C@H](CO)[C@@H](OC4O[C@H](CO)[C@@H](O)[C@H](O)[C@H]4O)[C@H](O)[C@H]3O)cc(O)c21. The second kappa shape index (κ2) is 12.3. The molecule has 3 heterocycles. The Bertz CT molecular complexity index is 1250. The van der Waals surface area contributed by atoms with Gasteiger partial charge in [-0.2, -0.15) is 0 Å². The predicted molar refractivity (Wildman–Crippen MR) is 136 cm³/mol. The summed E-state index contributed by atoms with van der Waals surface area (Å²) < 4.78 is 28.0. The van der Waals surface area contributed by atoms with Crippen molar-refractivity contribution in [1.29, 1.82) is 0 Å². The molecule has 5 rings (SSSR count). The van der Waals surface area contributed by atoms with Gasteiger partial charge in [0.05, 0.1) is 19.6 Å². The Balaban J connectivity index is 1.31. The molecule has 9 N–H and O–H groups in total. The van der Waals surface area contributed by atoms with Crippen molar-refractivity contribution >= 4 is 5.78 Å². The molecule has 2 aromatic carbocycles. The molecule has 0 amide bonds. The summed E-state index contributed by atoms with van der Waals surface area (Å²) >= 11 is 0. The van der Waals surface area contributed by atoms with E-state index in [0.29, 0.717) is 5.56 Å². The van der Waals surface area contributed by atoms with Gasteiger partial charge >= 0.3 is 0 Å². The van der Waals surface area contributed by atoms with Crippen LogP contribution in [0.4, 0.5) is 0 Å². The van der Waals surface area contributed by atoms with Gasteiger partial charge in [0.15, 0.2) is 12.1 Å². The van der Waals surface area contributed by atoms with Crippen molar-refractivity contribution in [2.75, 3.05) is 13.2 Å². The van der Waals surface area contributed by atoms with Gasteiger partial charge in [-0.1, -0.05) is 12.1 Å². The first kappa shape index (κ1) is 30.4. The number of hydrogen-bond acceptors (Lipinski definition) is 15. The van der Waals surface area contributed by atoms with Gasteiger partial charge in [0.1, 0.15) is 83.5 Å². The minimum absolute atomic E-state index is 0.0206. The molecule has 0 bridgehead atoms. The number of ether oxygens (including phenoxy) is 5. The van der Waals surface area contributed by atoms with Crippen LogP contribution in [0.3, 0.4) is 0 Å². The monoisotopic (exact) mass is 596 g/mol. The normalized spacial score (nSPS) is 36.6. The number of hydrogen-bond donors (Lipinski definition) is 9. The van der Waals surface area contributed by atoms with Crippen LogP contribution in [0.5, 0.6) is 23.0 Å². The Hall–Kier alpha value is -3.09. The van der Waals surface area contributed by atoms with E-state index in [-0.39, 0.29) is 29.2 Å². The van der Waals surface area contributed by atoms with E-state index in [1.165, 1.54) is 18.2 Å². The van der Waals surface area contributed by atoms with Crippen LogP contribution >= 0.6 is 0 Å². The van der Waals surface area contributed by atoms with Crippen molar-refractivity contribution in [3.05, 3.63) is 47.5 Å². The number of rotatable bonds is 7. The molecule has 42 heavy (non-hydrogen) atoms. The minimum Gasteiger partial charge on any atom is -0.508 e. The molecule has 230 valence electrons. The molecule has 0 aliphatic carbocycles. The van der Waals surface area contributed by atoms with E-state index >= 15 is 0 Å². The third-order valence-corrected chi connectivity index (χ3v) is 7.45. The van der Waals surface area contributed by atoms with Gasteiger partial charge < -0.3 is 69.6 Å². The lowest BCUT2D eigenvalue weighted by molar-refractivity contribution is -0.352. The van der Waals surface area contributed by atoms with Gasteiger partial charge in [0, 0.05) is 12.1 Å². The summed E-state index contributed by atoms with van der Waals surface area (Å²) in [5.41, 5.74) is 0.520. The summed E-state index contributed by atoms with van der Waals surface area (Å²) in [6.45, 7) is -1.50. The highest BCUT2D eigenvalue weighted by atomic mass is 16.7. The quantitative estimate of drug-likeness (QED) is 0.165. The number of phenolic OH excluding ortho intramolecular Hbond substituents is 2. The highest BCUT2D eigenvalue weighted by molar-refractivity contribution is 6.02. The highest BCUT2D eigenvalue weighted by Gasteiger charge is 2.51. The molecule has 3 aliphatic rings. The number of aromatic hydroxyl groups is 2. The number of ketones is 1. The molecule has 0 saturated carbocycles. The van der Waals surface area contributed by atoms with Gasteiger partial charge in [-0.15, -0.1) is 0 Å². The molecule has 11 atom stereocenters. The number of phenols is 2. The van der Waals surface area contributed by atoms with E-state index in [0.717, 1.165) is 6.07 Å². The van der Waals surface area contributed by atoms with Crippen molar-refractivity contribution in [3.8, 4) is 23.0 Å². The van der Waals surface area contributed by atoms with Gasteiger partial charge in [-0.05, 0) is 17.7 Å². The molecule has 0 radical (unpaired) electrons.